The average molecular weight is 448 g/mol. The van der Waals surface area contributed by atoms with Crippen molar-refractivity contribution in [3.63, 3.8) is 0 Å². The Kier molecular flexibility index (Phi) is 7.87. The zero-order valence-corrected chi connectivity index (χ0v) is 20.0. The quantitative estimate of drug-likeness (QED) is 0.458. The van der Waals surface area contributed by atoms with Gasteiger partial charge in [0.1, 0.15) is 0 Å². The van der Waals surface area contributed by atoms with Gasteiger partial charge in [0.25, 0.3) is 0 Å². The van der Waals surface area contributed by atoms with E-state index in [1.165, 1.54) is 16.8 Å². The van der Waals surface area contributed by atoms with Gasteiger partial charge in [-0.3, -0.25) is 9.79 Å². The molecule has 176 valence electrons. The summed E-state index contributed by atoms with van der Waals surface area (Å²) in [6.07, 6.45) is 2.63. The van der Waals surface area contributed by atoms with Gasteiger partial charge in [-0.05, 0) is 43.9 Å². The summed E-state index contributed by atoms with van der Waals surface area (Å²) in [6, 6.07) is 19.4. The molecule has 0 saturated carbocycles. The Morgan fingerprint density at radius 1 is 1.12 bits per heavy atom. The number of nitrogens with zero attached hydrogens (tertiary/aromatic N) is 3. The second-order valence-corrected chi connectivity index (χ2v) is 9.17. The molecule has 0 bridgehead atoms. The normalized spacial score (nSPS) is 19.0. The molecule has 2 aliphatic rings. The summed E-state index contributed by atoms with van der Waals surface area (Å²) in [4.78, 5) is 21.8. The molecule has 6 nitrogen and oxygen atoms in total. The van der Waals surface area contributed by atoms with E-state index in [0.717, 1.165) is 58.1 Å². The van der Waals surface area contributed by atoms with Crippen LogP contribution in [-0.4, -0.2) is 62.1 Å². The van der Waals surface area contributed by atoms with E-state index < -0.39 is 0 Å². The molecule has 2 aromatic rings. The standard InChI is InChI=1S/C27H37N5O/c1-3-28-27(29-18-21(2)32-16-14-24-11-7-8-12-25(24)32)30-19-23-17-26(33)31(20-23)15-13-22-9-5-4-6-10-22/h4-12,21,23H,3,13-20H2,1-2H3,(H2,28,29,30). The molecule has 1 saturated heterocycles. The van der Waals surface area contributed by atoms with E-state index in [0.29, 0.717) is 18.4 Å². The van der Waals surface area contributed by atoms with Gasteiger partial charge in [-0.2, -0.15) is 0 Å². The third kappa shape index (κ3) is 6.06. The Bertz CT molecular complexity index is 945. The molecule has 1 fully saturated rings. The first-order valence-electron chi connectivity index (χ1n) is 12.3. The first-order chi connectivity index (χ1) is 16.1. The van der Waals surface area contributed by atoms with Crippen molar-refractivity contribution in [2.75, 3.05) is 44.2 Å². The Balaban J connectivity index is 1.26. The van der Waals surface area contributed by atoms with Gasteiger partial charge in [0.2, 0.25) is 5.91 Å². The molecule has 0 aliphatic carbocycles. The van der Waals surface area contributed by atoms with E-state index >= 15 is 0 Å². The lowest BCUT2D eigenvalue weighted by Gasteiger charge is -2.26. The van der Waals surface area contributed by atoms with Crippen molar-refractivity contribution in [2.45, 2.75) is 39.2 Å². The predicted molar refractivity (Wildman–Crippen MR) is 136 cm³/mol. The number of hydrogen-bond acceptors (Lipinski definition) is 3. The molecule has 2 aromatic carbocycles. The minimum atomic E-state index is 0.265. The fourth-order valence-electron chi connectivity index (χ4n) is 4.84. The van der Waals surface area contributed by atoms with Crippen LogP contribution in [0.15, 0.2) is 59.6 Å². The van der Waals surface area contributed by atoms with Crippen molar-refractivity contribution < 1.29 is 4.79 Å². The van der Waals surface area contributed by atoms with Crippen molar-refractivity contribution in [1.29, 1.82) is 0 Å². The van der Waals surface area contributed by atoms with Crippen LogP contribution in [0.5, 0.6) is 0 Å². The van der Waals surface area contributed by atoms with Gasteiger partial charge in [0, 0.05) is 56.8 Å². The number of likely N-dealkylation sites (tertiary alicyclic amines) is 1. The number of benzene rings is 2. The zero-order chi connectivity index (χ0) is 23.0. The van der Waals surface area contributed by atoms with Crippen molar-refractivity contribution in [3.05, 3.63) is 65.7 Å². The molecule has 2 unspecified atom stereocenters. The number of guanidine groups is 1. The van der Waals surface area contributed by atoms with E-state index in [-0.39, 0.29) is 5.91 Å². The lowest BCUT2D eigenvalue weighted by atomic mass is 10.1. The van der Waals surface area contributed by atoms with Gasteiger partial charge in [0.05, 0.1) is 6.54 Å². The number of hydrogen-bond donors (Lipinski definition) is 2. The monoisotopic (exact) mass is 447 g/mol. The number of amides is 1. The van der Waals surface area contributed by atoms with Gasteiger partial charge >= 0.3 is 0 Å². The zero-order valence-electron chi connectivity index (χ0n) is 20.0. The van der Waals surface area contributed by atoms with Crippen LogP contribution in [0.25, 0.3) is 0 Å². The van der Waals surface area contributed by atoms with Gasteiger partial charge in [-0.25, -0.2) is 0 Å². The second kappa shape index (κ2) is 11.2. The lowest BCUT2D eigenvalue weighted by Crippen LogP contribution is -2.42. The van der Waals surface area contributed by atoms with Crippen molar-refractivity contribution in [1.82, 2.24) is 15.5 Å². The molecular formula is C27H37N5O. The minimum absolute atomic E-state index is 0.265. The molecule has 4 rings (SSSR count). The van der Waals surface area contributed by atoms with Crippen LogP contribution in [-0.2, 0) is 17.6 Å². The highest BCUT2D eigenvalue weighted by atomic mass is 16.2. The van der Waals surface area contributed by atoms with Crippen molar-refractivity contribution in [3.8, 4) is 0 Å². The number of fused-ring (bicyclic) bond motifs is 1. The van der Waals surface area contributed by atoms with Crippen LogP contribution >= 0.6 is 0 Å². The largest absolute Gasteiger partial charge is 0.366 e. The molecule has 2 heterocycles. The van der Waals surface area contributed by atoms with Gasteiger partial charge < -0.3 is 20.4 Å². The van der Waals surface area contributed by atoms with E-state index in [1.807, 2.05) is 11.0 Å². The maximum atomic E-state index is 12.5. The summed E-state index contributed by atoms with van der Waals surface area (Å²) >= 11 is 0. The third-order valence-corrected chi connectivity index (χ3v) is 6.68. The molecule has 0 aromatic heterocycles. The third-order valence-electron chi connectivity index (χ3n) is 6.68. The van der Waals surface area contributed by atoms with E-state index in [4.69, 9.17) is 4.99 Å². The molecular weight excluding hydrogens is 410 g/mol. The highest BCUT2D eigenvalue weighted by Gasteiger charge is 2.29. The SMILES string of the molecule is CCNC(=NCC(C)N1CCc2ccccc21)NCC1CC(=O)N(CCc2ccccc2)C1. The Morgan fingerprint density at radius 2 is 1.91 bits per heavy atom. The van der Waals surface area contributed by atoms with Gasteiger partial charge in [-0.1, -0.05) is 48.5 Å². The number of para-hydroxylation sites is 1. The maximum Gasteiger partial charge on any atom is 0.223 e. The van der Waals surface area contributed by atoms with Gasteiger partial charge in [0.15, 0.2) is 5.96 Å². The van der Waals surface area contributed by atoms with Gasteiger partial charge in [-0.15, -0.1) is 0 Å². The average Bonchev–Trinajstić information content (AvgIpc) is 3.43. The molecule has 2 aliphatic heterocycles. The number of aliphatic imine (C=N–C) groups is 1. The predicted octanol–water partition coefficient (Wildman–Crippen LogP) is 3.08. The number of nitrogens with one attached hydrogen (secondary N) is 2. The van der Waals surface area contributed by atoms with Crippen LogP contribution in [0.1, 0.15) is 31.4 Å². The van der Waals surface area contributed by atoms with Crippen LogP contribution in [0.3, 0.4) is 0 Å². The summed E-state index contributed by atoms with van der Waals surface area (Å²) in [6.45, 7) is 9.32. The highest BCUT2D eigenvalue weighted by Crippen LogP contribution is 2.29. The highest BCUT2D eigenvalue weighted by molar-refractivity contribution is 5.81. The first-order valence-corrected chi connectivity index (χ1v) is 12.3. The molecule has 0 radical (unpaired) electrons. The Labute approximate surface area is 198 Å². The van der Waals surface area contributed by atoms with E-state index in [9.17, 15) is 4.79 Å². The summed E-state index contributed by atoms with van der Waals surface area (Å²) in [7, 11) is 0. The van der Waals surface area contributed by atoms with Crippen LogP contribution in [0.2, 0.25) is 0 Å². The molecule has 33 heavy (non-hydrogen) atoms. The first kappa shape index (κ1) is 23.1. The Morgan fingerprint density at radius 3 is 2.73 bits per heavy atom. The van der Waals surface area contributed by atoms with E-state index in [2.05, 4.69) is 77.9 Å². The summed E-state index contributed by atoms with van der Waals surface area (Å²) in [5, 5.41) is 6.85. The molecule has 0 spiro atoms. The second-order valence-electron chi connectivity index (χ2n) is 9.17. The topological polar surface area (TPSA) is 60.0 Å². The lowest BCUT2D eigenvalue weighted by molar-refractivity contribution is -0.127. The number of carbonyl (C=O) groups is 1. The molecule has 2 N–H and O–H groups in total. The smallest absolute Gasteiger partial charge is 0.223 e. The van der Waals surface area contributed by atoms with Crippen molar-refractivity contribution in [2.24, 2.45) is 10.9 Å². The van der Waals surface area contributed by atoms with E-state index in [1.54, 1.807) is 0 Å². The summed E-state index contributed by atoms with van der Waals surface area (Å²) in [5.41, 5.74) is 4.06. The fourth-order valence-corrected chi connectivity index (χ4v) is 4.84. The summed E-state index contributed by atoms with van der Waals surface area (Å²) in [5.74, 6) is 1.42. The number of carbonyl (C=O) groups excluding carboxylic acids is 1. The summed E-state index contributed by atoms with van der Waals surface area (Å²) < 4.78 is 0. The van der Waals surface area contributed by atoms with Crippen LogP contribution in [0, 0.1) is 5.92 Å². The van der Waals surface area contributed by atoms with Crippen LogP contribution < -0.4 is 15.5 Å². The molecule has 1 amide bonds. The fraction of sp³-hybridized carbons (Fsp3) is 0.481. The minimum Gasteiger partial charge on any atom is -0.366 e. The maximum absolute atomic E-state index is 12.5. The van der Waals surface area contributed by atoms with Crippen molar-refractivity contribution >= 4 is 17.6 Å². The number of anilines is 1. The molecule has 6 heteroatoms. The molecule has 2 atom stereocenters. The van der Waals surface area contributed by atoms with Crippen LogP contribution in [0.4, 0.5) is 5.69 Å². The Hall–Kier alpha value is -3.02. The number of rotatable bonds is 9.